The van der Waals surface area contributed by atoms with Gasteiger partial charge in [0.1, 0.15) is 0 Å². The highest BCUT2D eigenvalue weighted by Crippen LogP contribution is 2.07. The van der Waals surface area contributed by atoms with Gasteiger partial charge in [-0.15, -0.1) is 0 Å². The first-order valence-corrected chi connectivity index (χ1v) is 3.47. The van der Waals surface area contributed by atoms with Crippen molar-refractivity contribution in [1.29, 1.82) is 0 Å². The molecule has 0 aliphatic heterocycles. The van der Waals surface area contributed by atoms with Gasteiger partial charge < -0.3 is 10.4 Å². The van der Waals surface area contributed by atoms with Gasteiger partial charge in [-0.3, -0.25) is 0 Å². The zero-order valence-corrected chi connectivity index (χ0v) is 6.52. The number of rotatable bonds is 4. The van der Waals surface area contributed by atoms with Gasteiger partial charge in [0.25, 0.3) is 0 Å². The molecular weight excluding hydrogens is 114 g/mol. The van der Waals surface area contributed by atoms with Crippen molar-refractivity contribution in [3.8, 4) is 0 Å². The van der Waals surface area contributed by atoms with Crippen LogP contribution in [0.3, 0.4) is 0 Å². The molecule has 0 spiro atoms. The van der Waals surface area contributed by atoms with Crippen LogP contribution in [0.1, 0.15) is 13.8 Å². The number of hydrogen-bond acceptors (Lipinski definition) is 2. The molecule has 0 aromatic carbocycles. The lowest BCUT2D eigenvalue weighted by Gasteiger charge is -2.16. The SMILES string of the molecule is CNCC(CO)C(C)C. The predicted octanol–water partition coefficient (Wildman–Crippen LogP) is 0.470. The largest absolute Gasteiger partial charge is 0.396 e. The number of nitrogens with one attached hydrogen (secondary N) is 1. The van der Waals surface area contributed by atoms with Crippen molar-refractivity contribution in [2.24, 2.45) is 11.8 Å². The monoisotopic (exact) mass is 131 g/mol. The van der Waals surface area contributed by atoms with E-state index in [0.29, 0.717) is 18.4 Å². The average Bonchev–Trinajstić information content (AvgIpc) is 1.82. The molecular formula is C7H17NO. The fourth-order valence-electron chi connectivity index (χ4n) is 0.773. The van der Waals surface area contributed by atoms with Crippen molar-refractivity contribution < 1.29 is 5.11 Å². The van der Waals surface area contributed by atoms with Gasteiger partial charge in [-0.1, -0.05) is 13.8 Å². The maximum absolute atomic E-state index is 8.79. The Morgan fingerprint density at radius 2 is 2.00 bits per heavy atom. The van der Waals surface area contributed by atoms with Crippen LogP contribution < -0.4 is 5.32 Å². The molecule has 0 aliphatic rings. The Morgan fingerprint density at radius 3 is 2.11 bits per heavy atom. The molecule has 0 rings (SSSR count). The quantitative estimate of drug-likeness (QED) is 0.581. The highest BCUT2D eigenvalue weighted by molar-refractivity contribution is 4.62. The molecule has 2 nitrogen and oxygen atoms in total. The normalized spacial score (nSPS) is 14.3. The Bertz CT molecular complexity index is 63.9. The van der Waals surface area contributed by atoms with Gasteiger partial charge >= 0.3 is 0 Å². The molecule has 1 atom stereocenters. The van der Waals surface area contributed by atoms with Crippen molar-refractivity contribution in [1.82, 2.24) is 5.32 Å². The van der Waals surface area contributed by atoms with E-state index in [2.05, 4.69) is 19.2 Å². The number of hydrogen-bond donors (Lipinski definition) is 2. The molecule has 0 aliphatic carbocycles. The van der Waals surface area contributed by atoms with Crippen LogP contribution in [-0.4, -0.2) is 25.3 Å². The van der Waals surface area contributed by atoms with Gasteiger partial charge in [-0.2, -0.15) is 0 Å². The number of aliphatic hydroxyl groups is 1. The zero-order chi connectivity index (χ0) is 7.28. The predicted molar refractivity (Wildman–Crippen MR) is 39.3 cm³/mol. The zero-order valence-electron chi connectivity index (χ0n) is 6.52. The third-order valence-corrected chi connectivity index (χ3v) is 1.64. The summed E-state index contributed by atoms with van der Waals surface area (Å²) in [7, 11) is 1.91. The second kappa shape index (κ2) is 4.77. The summed E-state index contributed by atoms with van der Waals surface area (Å²) >= 11 is 0. The van der Waals surface area contributed by atoms with Gasteiger partial charge in [-0.05, 0) is 18.9 Å². The molecule has 0 aromatic heterocycles. The molecule has 9 heavy (non-hydrogen) atoms. The molecule has 0 radical (unpaired) electrons. The topological polar surface area (TPSA) is 32.3 Å². The smallest absolute Gasteiger partial charge is 0.0473 e. The van der Waals surface area contributed by atoms with E-state index in [1.165, 1.54) is 0 Å². The van der Waals surface area contributed by atoms with Crippen LogP contribution in [0.15, 0.2) is 0 Å². The summed E-state index contributed by atoms with van der Waals surface area (Å²) in [5, 5.41) is 11.8. The highest BCUT2D eigenvalue weighted by atomic mass is 16.3. The second-order valence-corrected chi connectivity index (χ2v) is 2.74. The number of aliphatic hydroxyl groups excluding tert-OH is 1. The molecule has 0 aromatic rings. The molecule has 0 heterocycles. The maximum Gasteiger partial charge on any atom is 0.0473 e. The summed E-state index contributed by atoms with van der Waals surface area (Å²) in [4.78, 5) is 0. The van der Waals surface area contributed by atoms with E-state index >= 15 is 0 Å². The minimum absolute atomic E-state index is 0.290. The Kier molecular flexibility index (Phi) is 4.72. The van der Waals surface area contributed by atoms with Crippen molar-refractivity contribution >= 4 is 0 Å². The summed E-state index contributed by atoms with van der Waals surface area (Å²) in [6.07, 6.45) is 0. The molecule has 0 amide bonds. The van der Waals surface area contributed by atoms with Crippen LogP contribution in [0.4, 0.5) is 0 Å². The minimum Gasteiger partial charge on any atom is -0.396 e. The van der Waals surface area contributed by atoms with Crippen LogP contribution in [0.5, 0.6) is 0 Å². The Hall–Kier alpha value is -0.0800. The summed E-state index contributed by atoms with van der Waals surface area (Å²) in [6, 6.07) is 0. The summed E-state index contributed by atoms with van der Waals surface area (Å²) in [6.45, 7) is 5.45. The van der Waals surface area contributed by atoms with E-state index in [-0.39, 0.29) is 0 Å². The van der Waals surface area contributed by atoms with Gasteiger partial charge in [-0.25, -0.2) is 0 Å². The lowest BCUT2D eigenvalue weighted by Crippen LogP contribution is -2.25. The second-order valence-electron chi connectivity index (χ2n) is 2.74. The lowest BCUT2D eigenvalue weighted by molar-refractivity contribution is 0.188. The molecule has 0 saturated carbocycles. The fraction of sp³-hybridized carbons (Fsp3) is 1.00. The third-order valence-electron chi connectivity index (χ3n) is 1.64. The Morgan fingerprint density at radius 1 is 1.44 bits per heavy atom. The maximum atomic E-state index is 8.79. The third kappa shape index (κ3) is 3.49. The first-order chi connectivity index (χ1) is 4.22. The van der Waals surface area contributed by atoms with Crippen LogP contribution in [0, 0.1) is 11.8 Å². The summed E-state index contributed by atoms with van der Waals surface area (Å²) in [5.74, 6) is 0.984. The lowest BCUT2D eigenvalue weighted by atomic mass is 9.97. The molecule has 0 bridgehead atoms. The molecule has 0 saturated heterocycles. The molecule has 2 heteroatoms. The van der Waals surface area contributed by atoms with Gasteiger partial charge in [0.2, 0.25) is 0 Å². The molecule has 56 valence electrons. The fourth-order valence-corrected chi connectivity index (χ4v) is 0.773. The standard InChI is InChI=1S/C7H17NO/c1-6(2)7(5-9)4-8-3/h6-9H,4-5H2,1-3H3. The van der Waals surface area contributed by atoms with E-state index < -0.39 is 0 Å². The van der Waals surface area contributed by atoms with Crippen molar-refractivity contribution in [3.05, 3.63) is 0 Å². The van der Waals surface area contributed by atoms with Gasteiger partial charge in [0, 0.05) is 13.2 Å². The van der Waals surface area contributed by atoms with Crippen molar-refractivity contribution in [2.75, 3.05) is 20.2 Å². The minimum atomic E-state index is 0.290. The van der Waals surface area contributed by atoms with E-state index in [4.69, 9.17) is 5.11 Å². The van der Waals surface area contributed by atoms with Gasteiger partial charge in [0.05, 0.1) is 0 Å². The highest BCUT2D eigenvalue weighted by Gasteiger charge is 2.09. The first kappa shape index (κ1) is 8.92. The van der Waals surface area contributed by atoms with E-state index in [0.717, 1.165) is 6.54 Å². The molecule has 1 unspecified atom stereocenters. The average molecular weight is 131 g/mol. The van der Waals surface area contributed by atoms with Crippen LogP contribution >= 0.6 is 0 Å². The van der Waals surface area contributed by atoms with E-state index in [1.54, 1.807) is 0 Å². The Balaban J connectivity index is 3.41. The van der Waals surface area contributed by atoms with Crippen LogP contribution in [0.25, 0.3) is 0 Å². The van der Waals surface area contributed by atoms with E-state index in [1.807, 2.05) is 7.05 Å². The Labute approximate surface area is 57.3 Å². The summed E-state index contributed by atoms with van der Waals surface area (Å²) in [5.41, 5.74) is 0. The molecule has 2 N–H and O–H groups in total. The van der Waals surface area contributed by atoms with E-state index in [9.17, 15) is 0 Å². The van der Waals surface area contributed by atoms with Crippen molar-refractivity contribution in [3.63, 3.8) is 0 Å². The van der Waals surface area contributed by atoms with Crippen LogP contribution in [-0.2, 0) is 0 Å². The first-order valence-electron chi connectivity index (χ1n) is 3.47. The molecule has 0 fully saturated rings. The van der Waals surface area contributed by atoms with Crippen molar-refractivity contribution in [2.45, 2.75) is 13.8 Å². The van der Waals surface area contributed by atoms with Gasteiger partial charge in [0.15, 0.2) is 0 Å². The summed E-state index contributed by atoms with van der Waals surface area (Å²) < 4.78 is 0. The van der Waals surface area contributed by atoms with Crippen LogP contribution in [0.2, 0.25) is 0 Å².